The van der Waals surface area contributed by atoms with E-state index in [1.165, 1.54) is 0 Å². The molecule has 33 heavy (non-hydrogen) atoms. The molecule has 4 aliphatic carbocycles. The molecular weight excluding hydrogens is 420 g/mol. The van der Waals surface area contributed by atoms with Crippen molar-refractivity contribution in [2.45, 2.75) is 120 Å². The van der Waals surface area contributed by atoms with E-state index < -0.39 is 17.1 Å². The molecule has 0 radical (unpaired) electrons. The van der Waals surface area contributed by atoms with Crippen LogP contribution in [-0.4, -0.2) is 55.3 Å². The van der Waals surface area contributed by atoms with E-state index in [4.69, 9.17) is 16.2 Å². The van der Waals surface area contributed by atoms with E-state index in [-0.39, 0.29) is 47.4 Å². The zero-order valence-electron chi connectivity index (χ0n) is 20.8. The van der Waals surface area contributed by atoms with Gasteiger partial charge in [-0.15, -0.1) is 0 Å². The van der Waals surface area contributed by atoms with Gasteiger partial charge in [0.2, 0.25) is 0 Å². The second-order valence-corrected chi connectivity index (χ2v) is 13.3. The summed E-state index contributed by atoms with van der Waals surface area (Å²) in [6.07, 6.45) is 6.57. The summed E-state index contributed by atoms with van der Waals surface area (Å²) in [6.45, 7) is 8.06. The van der Waals surface area contributed by atoms with E-state index in [0.29, 0.717) is 24.2 Å². The smallest absolute Gasteiger partial charge is 0.197 e. The standard InChI is InChI=1S/C26H46N2O5/c1-14(2)13-25(31,32)26(27,28)23(4)21-6-5-18-16-12-20(30)19-11-15(29)7-9-22(19,3)17(16)8-10-24(18,21)33-23/h14-21,29-32H,5-13,27-28H2,1-4H3. The van der Waals surface area contributed by atoms with Crippen LogP contribution in [0, 0.1) is 40.9 Å². The van der Waals surface area contributed by atoms with Crippen LogP contribution < -0.4 is 11.5 Å². The Labute approximate surface area is 198 Å². The summed E-state index contributed by atoms with van der Waals surface area (Å²) in [5, 5.41) is 43.3. The number of rotatable bonds is 4. The molecule has 0 aromatic carbocycles. The second kappa shape index (κ2) is 7.37. The first-order valence-corrected chi connectivity index (χ1v) is 13.3. The molecule has 1 saturated heterocycles. The molecule has 5 aliphatic rings. The van der Waals surface area contributed by atoms with Crippen molar-refractivity contribution in [3.63, 3.8) is 0 Å². The summed E-state index contributed by atoms with van der Waals surface area (Å²) >= 11 is 0. The molecule has 10 atom stereocenters. The molecule has 0 aromatic heterocycles. The molecule has 10 unspecified atom stereocenters. The summed E-state index contributed by atoms with van der Waals surface area (Å²) < 4.78 is 6.75. The van der Waals surface area contributed by atoms with Gasteiger partial charge in [0.1, 0.15) is 11.3 Å². The first kappa shape index (κ1) is 24.4. The number of hydrogen-bond donors (Lipinski definition) is 6. The Balaban J connectivity index is 1.41. The summed E-state index contributed by atoms with van der Waals surface area (Å²) in [6, 6.07) is 0. The molecule has 5 rings (SSSR count). The van der Waals surface area contributed by atoms with Gasteiger partial charge in [-0.1, -0.05) is 20.8 Å². The van der Waals surface area contributed by atoms with Crippen LogP contribution in [0.25, 0.3) is 0 Å². The molecule has 4 saturated carbocycles. The number of fused-ring (bicyclic) bond motifs is 4. The number of aliphatic hydroxyl groups excluding tert-OH is 2. The van der Waals surface area contributed by atoms with Crippen LogP contribution in [0.4, 0.5) is 0 Å². The third-order valence-corrected chi connectivity index (χ3v) is 11.3. The van der Waals surface area contributed by atoms with Crippen molar-refractivity contribution in [3.8, 4) is 0 Å². The Morgan fingerprint density at radius 3 is 2.30 bits per heavy atom. The van der Waals surface area contributed by atoms with Gasteiger partial charge >= 0.3 is 0 Å². The number of hydrogen-bond acceptors (Lipinski definition) is 7. The van der Waals surface area contributed by atoms with Crippen LogP contribution in [0.2, 0.25) is 0 Å². The molecule has 1 heterocycles. The maximum atomic E-state index is 11.2. The normalized spacial score (nSPS) is 51.9. The average Bonchev–Trinajstić information content (AvgIpc) is 3.01. The third-order valence-electron chi connectivity index (χ3n) is 11.3. The Morgan fingerprint density at radius 1 is 0.939 bits per heavy atom. The molecular formula is C26H46N2O5. The molecule has 0 bridgehead atoms. The highest BCUT2D eigenvalue weighted by Gasteiger charge is 2.78. The van der Waals surface area contributed by atoms with Crippen LogP contribution in [0.5, 0.6) is 0 Å². The van der Waals surface area contributed by atoms with Gasteiger partial charge in [0.25, 0.3) is 0 Å². The Kier molecular flexibility index (Phi) is 5.45. The van der Waals surface area contributed by atoms with Crippen molar-refractivity contribution in [3.05, 3.63) is 0 Å². The van der Waals surface area contributed by atoms with Crippen molar-refractivity contribution in [1.29, 1.82) is 0 Å². The van der Waals surface area contributed by atoms with Crippen LogP contribution >= 0.6 is 0 Å². The Bertz CT molecular complexity index is 789. The number of nitrogens with two attached hydrogens (primary N) is 2. The first-order chi connectivity index (χ1) is 15.2. The van der Waals surface area contributed by atoms with E-state index in [1.807, 2.05) is 20.8 Å². The highest BCUT2D eigenvalue weighted by atomic mass is 16.6. The number of ether oxygens (including phenoxy) is 1. The molecule has 1 spiro atoms. The fourth-order valence-electron chi connectivity index (χ4n) is 9.75. The van der Waals surface area contributed by atoms with Crippen molar-refractivity contribution in [2.75, 3.05) is 0 Å². The summed E-state index contributed by atoms with van der Waals surface area (Å²) in [5.41, 5.74) is 9.98. The largest absolute Gasteiger partial charge is 0.393 e. The Hall–Kier alpha value is -0.280. The second-order valence-electron chi connectivity index (χ2n) is 13.3. The molecule has 0 amide bonds. The molecule has 1 aliphatic heterocycles. The van der Waals surface area contributed by atoms with E-state index >= 15 is 0 Å². The highest BCUT2D eigenvalue weighted by Crippen LogP contribution is 2.72. The van der Waals surface area contributed by atoms with Gasteiger partial charge in [0.05, 0.1) is 17.8 Å². The minimum atomic E-state index is -2.22. The Morgan fingerprint density at radius 2 is 1.64 bits per heavy atom. The minimum Gasteiger partial charge on any atom is -0.393 e. The molecule has 0 aromatic rings. The SMILES string of the molecule is CC(C)CC(O)(O)C(N)(N)C1(C)OC23CCC4C(CC(O)C5CC(O)CCC54C)C2CCC31. The lowest BCUT2D eigenvalue weighted by atomic mass is 9.44. The highest BCUT2D eigenvalue weighted by molar-refractivity contribution is 5.26. The van der Waals surface area contributed by atoms with E-state index in [2.05, 4.69) is 6.92 Å². The van der Waals surface area contributed by atoms with Gasteiger partial charge in [-0.25, -0.2) is 0 Å². The van der Waals surface area contributed by atoms with Crippen molar-refractivity contribution in [2.24, 2.45) is 52.4 Å². The fourth-order valence-corrected chi connectivity index (χ4v) is 9.75. The van der Waals surface area contributed by atoms with Crippen LogP contribution in [0.3, 0.4) is 0 Å². The first-order valence-electron chi connectivity index (χ1n) is 13.3. The molecule has 7 heteroatoms. The van der Waals surface area contributed by atoms with E-state index in [0.717, 1.165) is 44.9 Å². The third kappa shape index (κ3) is 3.06. The van der Waals surface area contributed by atoms with Crippen molar-refractivity contribution in [1.82, 2.24) is 0 Å². The van der Waals surface area contributed by atoms with Crippen LogP contribution in [0.15, 0.2) is 0 Å². The molecule has 5 fully saturated rings. The van der Waals surface area contributed by atoms with Gasteiger partial charge < -0.3 is 36.6 Å². The predicted molar refractivity (Wildman–Crippen MR) is 124 cm³/mol. The maximum absolute atomic E-state index is 11.2. The van der Waals surface area contributed by atoms with Gasteiger partial charge in [-0.2, -0.15) is 0 Å². The lowest BCUT2D eigenvalue weighted by Crippen LogP contribution is -2.88. The maximum Gasteiger partial charge on any atom is 0.197 e. The predicted octanol–water partition coefficient (Wildman–Crippen LogP) is 1.84. The van der Waals surface area contributed by atoms with Crippen molar-refractivity contribution < 1.29 is 25.2 Å². The number of aliphatic hydroxyl groups is 4. The van der Waals surface area contributed by atoms with Crippen LogP contribution in [0.1, 0.15) is 85.5 Å². The molecule has 190 valence electrons. The lowest BCUT2D eigenvalue weighted by Gasteiger charge is -2.71. The summed E-state index contributed by atoms with van der Waals surface area (Å²) in [7, 11) is 0. The van der Waals surface area contributed by atoms with Gasteiger partial charge in [0.15, 0.2) is 5.79 Å². The van der Waals surface area contributed by atoms with Crippen LogP contribution in [-0.2, 0) is 4.74 Å². The molecule has 7 nitrogen and oxygen atoms in total. The van der Waals surface area contributed by atoms with E-state index in [9.17, 15) is 20.4 Å². The fraction of sp³-hybridized carbons (Fsp3) is 1.00. The average molecular weight is 467 g/mol. The molecule has 8 N–H and O–H groups in total. The summed E-state index contributed by atoms with van der Waals surface area (Å²) in [4.78, 5) is 0. The quantitative estimate of drug-likeness (QED) is 0.347. The summed E-state index contributed by atoms with van der Waals surface area (Å²) in [5.74, 6) is -0.705. The zero-order valence-corrected chi connectivity index (χ0v) is 20.8. The van der Waals surface area contributed by atoms with Gasteiger partial charge in [0, 0.05) is 12.3 Å². The minimum absolute atomic E-state index is 0.0299. The monoisotopic (exact) mass is 466 g/mol. The van der Waals surface area contributed by atoms with Gasteiger partial charge in [-0.05, 0) is 93.3 Å². The topological polar surface area (TPSA) is 142 Å². The van der Waals surface area contributed by atoms with E-state index in [1.54, 1.807) is 0 Å². The van der Waals surface area contributed by atoms with Gasteiger partial charge in [-0.3, -0.25) is 0 Å². The van der Waals surface area contributed by atoms with Crippen molar-refractivity contribution >= 4 is 0 Å². The lowest BCUT2D eigenvalue weighted by molar-refractivity contribution is -0.394. The zero-order chi connectivity index (χ0) is 24.2.